The van der Waals surface area contributed by atoms with Crippen LogP contribution in [-0.4, -0.2) is 28.2 Å². The lowest BCUT2D eigenvalue weighted by Crippen LogP contribution is -2.47. The summed E-state index contributed by atoms with van der Waals surface area (Å²) in [6.07, 6.45) is -0.334. The molecule has 14 heavy (non-hydrogen) atoms. The van der Waals surface area contributed by atoms with Crippen LogP contribution in [0, 0.1) is 0 Å². The quantitative estimate of drug-likeness (QED) is 0.653. The zero-order valence-electron chi connectivity index (χ0n) is 8.96. The Kier molecular flexibility index (Phi) is 3.65. The van der Waals surface area contributed by atoms with Gasteiger partial charge in [-0.25, -0.2) is 0 Å². The van der Waals surface area contributed by atoms with Crippen molar-refractivity contribution in [1.82, 2.24) is 0 Å². The Balaban J connectivity index is 4.27. The van der Waals surface area contributed by atoms with Crippen molar-refractivity contribution in [1.29, 1.82) is 0 Å². The second-order valence-electron chi connectivity index (χ2n) is 4.49. The number of esters is 1. The first-order chi connectivity index (χ1) is 6.04. The highest BCUT2D eigenvalue weighted by Gasteiger charge is 2.33. The molecule has 0 amide bonds. The predicted octanol–water partition coefficient (Wildman–Crippen LogP) is 0.520. The summed E-state index contributed by atoms with van der Waals surface area (Å²) >= 11 is 0. The lowest BCUT2D eigenvalue weighted by Gasteiger charge is -2.23. The number of rotatable bonds is 3. The molecule has 0 saturated carbocycles. The summed E-state index contributed by atoms with van der Waals surface area (Å²) in [6.45, 7) is 6.40. The summed E-state index contributed by atoms with van der Waals surface area (Å²) < 4.78 is 4.94. The van der Waals surface area contributed by atoms with Crippen molar-refractivity contribution in [2.45, 2.75) is 45.3 Å². The Bertz CT molecular complexity index is 240. The van der Waals surface area contributed by atoms with Crippen LogP contribution in [0.4, 0.5) is 0 Å². The highest BCUT2D eigenvalue weighted by atomic mass is 16.6. The number of hydrogen-bond acceptors (Lipinski definition) is 4. The highest BCUT2D eigenvalue weighted by molar-refractivity contribution is 5.85. The Labute approximate surface area is 83.2 Å². The van der Waals surface area contributed by atoms with E-state index in [0.29, 0.717) is 0 Å². The number of nitrogens with two attached hydrogens (primary N) is 1. The number of carbonyl (C=O) groups excluding carboxylic acids is 1. The smallest absolute Gasteiger partial charge is 0.323 e. The predicted molar refractivity (Wildman–Crippen MR) is 50.7 cm³/mol. The van der Waals surface area contributed by atoms with E-state index in [9.17, 15) is 9.59 Å². The van der Waals surface area contributed by atoms with Crippen molar-refractivity contribution in [2.75, 3.05) is 0 Å². The molecule has 0 heterocycles. The summed E-state index contributed by atoms with van der Waals surface area (Å²) in [5.74, 6) is -1.83. The molecule has 0 bridgehead atoms. The monoisotopic (exact) mass is 203 g/mol. The summed E-state index contributed by atoms with van der Waals surface area (Å²) in [7, 11) is 0. The van der Waals surface area contributed by atoms with E-state index in [-0.39, 0.29) is 6.42 Å². The largest absolute Gasteiger partial charge is 0.480 e. The van der Waals surface area contributed by atoms with Gasteiger partial charge in [0.2, 0.25) is 0 Å². The average molecular weight is 203 g/mol. The Hall–Kier alpha value is -1.10. The van der Waals surface area contributed by atoms with E-state index in [1.165, 1.54) is 6.92 Å². The molecule has 5 heteroatoms. The van der Waals surface area contributed by atoms with Gasteiger partial charge in [-0.15, -0.1) is 0 Å². The van der Waals surface area contributed by atoms with Gasteiger partial charge in [0.25, 0.3) is 0 Å². The zero-order valence-corrected chi connectivity index (χ0v) is 8.96. The van der Waals surface area contributed by atoms with Crippen LogP contribution in [0.3, 0.4) is 0 Å². The number of hydrogen-bond donors (Lipinski definition) is 2. The van der Waals surface area contributed by atoms with Crippen LogP contribution >= 0.6 is 0 Å². The van der Waals surface area contributed by atoms with Gasteiger partial charge in [0.1, 0.15) is 11.1 Å². The van der Waals surface area contributed by atoms with Crippen molar-refractivity contribution < 1.29 is 19.4 Å². The Morgan fingerprint density at radius 1 is 1.29 bits per heavy atom. The number of carboxylic acids is 1. The van der Waals surface area contributed by atoms with Crippen molar-refractivity contribution >= 4 is 11.9 Å². The molecule has 0 aliphatic heterocycles. The Morgan fingerprint density at radius 2 is 1.71 bits per heavy atom. The molecule has 82 valence electrons. The summed E-state index contributed by atoms with van der Waals surface area (Å²) in [6, 6.07) is 0. The van der Waals surface area contributed by atoms with E-state index in [1.54, 1.807) is 20.8 Å². The SMILES string of the molecule is CC(C)(C)OC(=O)C[C@](C)(N)C(=O)O. The Morgan fingerprint density at radius 3 is 2.00 bits per heavy atom. The maximum atomic E-state index is 11.2. The first-order valence-electron chi connectivity index (χ1n) is 4.29. The zero-order chi connectivity index (χ0) is 11.6. The molecule has 1 atom stereocenters. The molecule has 0 spiro atoms. The maximum Gasteiger partial charge on any atom is 0.323 e. The molecule has 0 unspecified atom stereocenters. The fourth-order valence-corrected chi connectivity index (χ4v) is 0.753. The molecule has 0 fully saturated rings. The fourth-order valence-electron chi connectivity index (χ4n) is 0.753. The molecule has 3 N–H and O–H groups in total. The van der Waals surface area contributed by atoms with Crippen LogP contribution in [0.5, 0.6) is 0 Å². The molecule has 0 rings (SSSR count). The second-order valence-corrected chi connectivity index (χ2v) is 4.49. The molecule has 0 aromatic rings. The third-order valence-electron chi connectivity index (χ3n) is 1.42. The normalized spacial score (nSPS) is 15.8. The van der Waals surface area contributed by atoms with Crippen LogP contribution in [0.2, 0.25) is 0 Å². The third kappa shape index (κ3) is 4.81. The van der Waals surface area contributed by atoms with E-state index < -0.39 is 23.1 Å². The number of carbonyl (C=O) groups is 2. The van der Waals surface area contributed by atoms with Crippen molar-refractivity contribution in [3.8, 4) is 0 Å². The lowest BCUT2D eigenvalue weighted by atomic mass is 10.00. The van der Waals surface area contributed by atoms with Crippen LogP contribution in [0.15, 0.2) is 0 Å². The molecule has 0 aliphatic rings. The molecule has 0 aromatic heterocycles. The van der Waals surface area contributed by atoms with Gasteiger partial charge in [0.15, 0.2) is 0 Å². The maximum absolute atomic E-state index is 11.2. The summed E-state index contributed by atoms with van der Waals surface area (Å²) in [5, 5.41) is 8.66. The lowest BCUT2D eigenvalue weighted by molar-refractivity contribution is -0.160. The first kappa shape index (κ1) is 12.9. The minimum atomic E-state index is -1.57. The second kappa shape index (κ2) is 3.96. The van der Waals surface area contributed by atoms with Crippen LogP contribution in [0.25, 0.3) is 0 Å². The van der Waals surface area contributed by atoms with Crippen molar-refractivity contribution in [3.63, 3.8) is 0 Å². The minimum absolute atomic E-state index is 0.334. The first-order valence-corrected chi connectivity index (χ1v) is 4.29. The topological polar surface area (TPSA) is 89.6 Å². The van der Waals surface area contributed by atoms with Gasteiger partial charge >= 0.3 is 11.9 Å². The molecule has 0 aliphatic carbocycles. The molecular formula is C9H17NO4. The van der Waals surface area contributed by atoms with Gasteiger partial charge in [-0.05, 0) is 27.7 Å². The van der Waals surface area contributed by atoms with Crippen LogP contribution < -0.4 is 5.73 Å². The average Bonchev–Trinajstić information content (AvgIpc) is 1.79. The van der Waals surface area contributed by atoms with Crippen LogP contribution in [0.1, 0.15) is 34.1 Å². The molecular weight excluding hydrogens is 186 g/mol. The van der Waals surface area contributed by atoms with Gasteiger partial charge in [0.05, 0.1) is 6.42 Å². The number of aliphatic carboxylic acids is 1. The van der Waals surface area contributed by atoms with E-state index in [4.69, 9.17) is 15.6 Å². The van der Waals surface area contributed by atoms with Gasteiger partial charge in [-0.2, -0.15) is 0 Å². The highest BCUT2D eigenvalue weighted by Crippen LogP contribution is 2.13. The van der Waals surface area contributed by atoms with Crippen molar-refractivity contribution in [2.24, 2.45) is 5.73 Å². The molecule has 0 radical (unpaired) electrons. The number of ether oxygens (including phenoxy) is 1. The number of carboxylic acid groups (broad SMARTS) is 1. The fraction of sp³-hybridized carbons (Fsp3) is 0.778. The van der Waals surface area contributed by atoms with Gasteiger partial charge < -0.3 is 15.6 Å². The van der Waals surface area contributed by atoms with Gasteiger partial charge in [0, 0.05) is 0 Å². The standard InChI is InChI=1S/C9H17NO4/c1-8(2,3)14-6(11)5-9(4,10)7(12)13/h5,10H2,1-4H3,(H,12,13)/t9-/m0/s1. The minimum Gasteiger partial charge on any atom is -0.480 e. The van der Waals surface area contributed by atoms with Gasteiger partial charge in [-0.3, -0.25) is 9.59 Å². The molecule has 0 saturated heterocycles. The molecule has 5 nitrogen and oxygen atoms in total. The van der Waals surface area contributed by atoms with E-state index >= 15 is 0 Å². The van der Waals surface area contributed by atoms with E-state index in [0.717, 1.165) is 0 Å². The van der Waals surface area contributed by atoms with Gasteiger partial charge in [-0.1, -0.05) is 0 Å². The van der Waals surface area contributed by atoms with E-state index in [2.05, 4.69) is 0 Å². The van der Waals surface area contributed by atoms with Crippen molar-refractivity contribution in [3.05, 3.63) is 0 Å². The summed E-state index contributed by atoms with van der Waals surface area (Å²) in [5.41, 5.74) is 3.19. The third-order valence-corrected chi connectivity index (χ3v) is 1.42. The van der Waals surface area contributed by atoms with E-state index in [1.807, 2.05) is 0 Å². The van der Waals surface area contributed by atoms with Crippen LogP contribution in [-0.2, 0) is 14.3 Å². The molecule has 0 aromatic carbocycles. The summed E-state index contributed by atoms with van der Waals surface area (Å²) in [4.78, 5) is 21.8.